The highest BCUT2D eigenvalue weighted by Gasteiger charge is 2.53. The zero-order chi connectivity index (χ0) is 20.9. The Morgan fingerprint density at radius 1 is 1.23 bits per heavy atom. The average molecular weight is 429 g/mol. The SMILES string of the molecule is N[C@@H]1CC[C@H](C(=O)N2N=C(c3cc(F)ccc3F)SC23CCOc2ccccc23)C1. The third-order valence-electron chi connectivity index (χ3n) is 5.99. The molecule has 0 bridgehead atoms. The fraction of sp³-hybridized carbons (Fsp3) is 0.364. The number of hydrogen-bond acceptors (Lipinski definition) is 5. The van der Waals surface area contributed by atoms with E-state index in [2.05, 4.69) is 5.10 Å². The first-order chi connectivity index (χ1) is 14.5. The number of fused-ring (bicyclic) bond motifs is 2. The standard InChI is InChI=1S/C22H21F2N3O2S/c23-14-6-8-18(24)16(12-14)20-26-27(21(28)13-5-7-15(25)11-13)22(30-20)9-10-29-19-4-2-1-3-17(19)22/h1-4,6,8,12-13,15H,5,7,9-11,25H2/t13-,15+,22?/m0/s1. The van der Waals surface area contributed by atoms with E-state index in [0.717, 1.165) is 30.2 Å². The van der Waals surface area contributed by atoms with Crippen LogP contribution in [0.3, 0.4) is 0 Å². The third kappa shape index (κ3) is 3.09. The Bertz CT molecular complexity index is 1050. The van der Waals surface area contributed by atoms with E-state index in [4.69, 9.17) is 10.5 Å². The number of nitrogens with two attached hydrogens (primary N) is 1. The molecule has 0 aromatic heterocycles. The quantitative estimate of drug-likeness (QED) is 0.785. The molecule has 5 nitrogen and oxygen atoms in total. The Morgan fingerprint density at radius 3 is 2.87 bits per heavy atom. The first kappa shape index (κ1) is 19.5. The van der Waals surface area contributed by atoms with Crippen LogP contribution >= 0.6 is 11.8 Å². The average Bonchev–Trinajstić information content (AvgIpc) is 3.34. The zero-order valence-corrected chi connectivity index (χ0v) is 17.0. The van der Waals surface area contributed by atoms with E-state index in [1.165, 1.54) is 16.8 Å². The van der Waals surface area contributed by atoms with Gasteiger partial charge in [-0.25, -0.2) is 13.8 Å². The highest BCUT2D eigenvalue weighted by molar-refractivity contribution is 8.15. The largest absolute Gasteiger partial charge is 0.493 e. The maximum Gasteiger partial charge on any atom is 0.247 e. The lowest BCUT2D eigenvalue weighted by Crippen LogP contribution is -2.46. The minimum absolute atomic E-state index is 0.00348. The molecule has 30 heavy (non-hydrogen) atoms. The van der Waals surface area contributed by atoms with Crippen molar-refractivity contribution >= 4 is 22.7 Å². The van der Waals surface area contributed by atoms with Gasteiger partial charge >= 0.3 is 0 Å². The molecule has 3 aliphatic rings. The van der Waals surface area contributed by atoms with Crippen LogP contribution in [0.1, 0.15) is 36.8 Å². The molecule has 1 aliphatic carbocycles. The summed E-state index contributed by atoms with van der Waals surface area (Å²) in [7, 11) is 0. The van der Waals surface area contributed by atoms with Crippen molar-refractivity contribution in [2.45, 2.75) is 36.6 Å². The molecular weight excluding hydrogens is 408 g/mol. The Morgan fingerprint density at radius 2 is 2.07 bits per heavy atom. The number of rotatable bonds is 2. The molecule has 0 saturated heterocycles. The Kier molecular flexibility index (Phi) is 4.78. The van der Waals surface area contributed by atoms with Gasteiger partial charge in [0, 0.05) is 29.5 Å². The predicted octanol–water partition coefficient (Wildman–Crippen LogP) is 3.96. The number of para-hydroxylation sites is 1. The Labute approximate surface area is 177 Å². The van der Waals surface area contributed by atoms with Crippen molar-refractivity contribution in [1.29, 1.82) is 0 Å². The van der Waals surface area contributed by atoms with Gasteiger partial charge in [-0.2, -0.15) is 5.10 Å². The van der Waals surface area contributed by atoms with Crippen molar-refractivity contribution in [2.75, 3.05) is 6.61 Å². The van der Waals surface area contributed by atoms with Crippen molar-refractivity contribution in [3.8, 4) is 5.75 Å². The summed E-state index contributed by atoms with van der Waals surface area (Å²) < 4.78 is 34.2. The van der Waals surface area contributed by atoms with E-state index in [0.29, 0.717) is 36.7 Å². The highest BCUT2D eigenvalue weighted by Crippen LogP contribution is 2.55. The summed E-state index contributed by atoms with van der Waals surface area (Å²) in [6, 6.07) is 10.8. The Hall–Kier alpha value is -2.45. The third-order valence-corrected chi connectivity index (χ3v) is 7.42. The molecule has 1 spiro atoms. The summed E-state index contributed by atoms with van der Waals surface area (Å²) >= 11 is 1.29. The minimum Gasteiger partial charge on any atom is -0.493 e. The van der Waals surface area contributed by atoms with E-state index in [1.54, 1.807) is 0 Å². The molecule has 1 amide bonds. The molecule has 2 aliphatic heterocycles. The summed E-state index contributed by atoms with van der Waals surface area (Å²) in [6.45, 7) is 0.395. The van der Waals surface area contributed by atoms with Crippen molar-refractivity contribution in [2.24, 2.45) is 16.8 Å². The molecule has 0 radical (unpaired) electrons. The highest BCUT2D eigenvalue weighted by atomic mass is 32.2. The number of halogens is 2. The fourth-order valence-electron chi connectivity index (χ4n) is 4.48. The number of carbonyl (C=O) groups excluding carboxylic acids is 1. The van der Waals surface area contributed by atoms with Gasteiger partial charge in [-0.3, -0.25) is 4.79 Å². The first-order valence-electron chi connectivity index (χ1n) is 10.0. The number of carbonyl (C=O) groups is 1. The van der Waals surface area contributed by atoms with Gasteiger partial charge < -0.3 is 10.5 Å². The zero-order valence-electron chi connectivity index (χ0n) is 16.2. The molecular formula is C22H21F2N3O2S. The molecule has 5 rings (SSSR count). The second-order valence-corrected chi connectivity index (χ2v) is 9.20. The van der Waals surface area contributed by atoms with Crippen LogP contribution in [0.15, 0.2) is 47.6 Å². The Balaban J connectivity index is 1.62. The summed E-state index contributed by atoms with van der Waals surface area (Å²) in [5.41, 5.74) is 6.91. The molecule has 156 valence electrons. The van der Waals surface area contributed by atoms with Crippen LogP contribution < -0.4 is 10.5 Å². The van der Waals surface area contributed by atoms with Gasteiger partial charge in [0.05, 0.1) is 6.61 Å². The van der Waals surface area contributed by atoms with E-state index in [9.17, 15) is 13.6 Å². The number of nitrogens with zero attached hydrogens (tertiary/aromatic N) is 2. The second-order valence-electron chi connectivity index (χ2n) is 7.93. The lowest BCUT2D eigenvalue weighted by molar-refractivity contribution is -0.139. The van der Waals surface area contributed by atoms with Gasteiger partial charge in [-0.1, -0.05) is 30.0 Å². The number of benzene rings is 2. The van der Waals surface area contributed by atoms with Gasteiger partial charge in [0.25, 0.3) is 0 Å². The monoisotopic (exact) mass is 429 g/mol. The summed E-state index contributed by atoms with van der Waals surface area (Å²) in [5.74, 6) is -0.807. The van der Waals surface area contributed by atoms with Crippen LogP contribution in [0.25, 0.3) is 0 Å². The molecule has 8 heteroatoms. The minimum atomic E-state index is -0.854. The molecule has 3 atom stereocenters. The lowest BCUT2D eigenvalue weighted by Gasteiger charge is -2.40. The maximum absolute atomic E-state index is 14.5. The van der Waals surface area contributed by atoms with E-state index in [-0.39, 0.29) is 23.4 Å². The topological polar surface area (TPSA) is 67.9 Å². The molecule has 2 aromatic carbocycles. The van der Waals surface area contributed by atoms with E-state index >= 15 is 0 Å². The van der Waals surface area contributed by atoms with Gasteiger partial charge in [0.1, 0.15) is 27.3 Å². The number of hydrogen-bond donors (Lipinski definition) is 1. The van der Waals surface area contributed by atoms with Crippen LogP contribution in [0, 0.1) is 17.6 Å². The van der Waals surface area contributed by atoms with Crippen LogP contribution in [0.4, 0.5) is 8.78 Å². The van der Waals surface area contributed by atoms with Crippen molar-refractivity contribution in [3.05, 3.63) is 65.2 Å². The van der Waals surface area contributed by atoms with Crippen molar-refractivity contribution in [1.82, 2.24) is 5.01 Å². The number of amides is 1. The fourth-order valence-corrected chi connectivity index (χ4v) is 5.87. The molecule has 1 saturated carbocycles. The summed E-state index contributed by atoms with van der Waals surface area (Å²) in [5, 5.41) is 6.34. The first-order valence-corrected chi connectivity index (χ1v) is 10.8. The van der Waals surface area contributed by atoms with Crippen molar-refractivity contribution in [3.63, 3.8) is 0 Å². The molecule has 2 heterocycles. The molecule has 1 fully saturated rings. The maximum atomic E-state index is 14.5. The van der Waals surface area contributed by atoms with E-state index in [1.807, 2.05) is 24.3 Å². The van der Waals surface area contributed by atoms with Crippen molar-refractivity contribution < 1.29 is 18.3 Å². The van der Waals surface area contributed by atoms with E-state index < -0.39 is 16.5 Å². The number of hydrazone groups is 1. The second kappa shape index (κ2) is 7.35. The number of ether oxygens (including phenoxy) is 1. The summed E-state index contributed by atoms with van der Waals surface area (Å²) in [4.78, 5) is 12.7. The predicted molar refractivity (Wildman–Crippen MR) is 111 cm³/mol. The molecule has 1 unspecified atom stereocenters. The summed E-state index contributed by atoms with van der Waals surface area (Å²) in [6.07, 6.45) is 2.59. The van der Waals surface area contributed by atoms with Crippen LogP contribution in [-0.2, 0) is 9.67 Å². The van der Waals surface area contributed by atoms with Crippen LogP contribution in [-0.4, -0.2) is 28.6 Å². The van der Waals surface area contributed by atoms with Crippen LogP contribution in [0.2, 0.25) is 0 Å². The molecule has 2 N–H and O–H groups in total. The van der Waals surface area contributed by atoms with Gasteiger partial charge in [0.15, 0.2) is 0 Å². The number of thioether (sulfide) groups is 1. The normalized spacial score (nSPS) is 27.7. The van der Waals surface area contributed by atoms with Gasteiger partial charge in [0.2, 0.25) is 5.91 Å². The van der Waals surface area contributed by atoms with Crippen LogP contribution in [0.5, 0.6) is 5.75 Å². The van der Waals surface area contributed by atoms with Gasteiger partial charge in [-0.15, -0.1) is 0 Å². The lowest BCUT2D eigenvalue weighted by atomic mass is 9.97. The smallest absolute Gasteiger partial charge is 0.247 e. The van der Waals surface area contributed by atoms with Gasteiger partial charge in [-0.05, 0) is 43.5 Å². The molecule has 2 aromatic rings.